The van der Waals surface area contributed by atoms with E-state index in [2.05, 4.69) is 0 Å². The van der Waals surface area contributed by atoms with Crippen LogP contribution in [-0.2, 0) is 23.0 Å². The van der Waals surface area contributed by atoms with Crippen LogP contribution in [0.1, 0.15) is 10.4 Å². The van der Waals surface area contributed by atoms with Crippen LogP contribution < -0.4 is 0 Å². The van der Waals surface area contributed by atoms with Gasteiger partial charge < -0.3 is 0 Å². The molecular weight excluding hydrogens is 232 g/mol. The average molecular weight is 242 g/mol. The minimum absolute atomic E-state index is 0.419. The van der Waals surface area contributed by atoms with Gasteiger partial charge in [-0.1, -0.05) is 0 Å². The van der Waals surface area contributed by atoms with Crippen molar-refractivity contribution in [1.82, 2.24) is 4.31 Å². The summed E-state index contributed by atoms with van der Waals surface area (Å²) in [5.41, 5.74) is 1.08. The summed E-state index contributed by atoms with van der Waals surface area (Å²) in [6.45, 7) is 0.917. The van der Waals surface area contributed by atoms with E-state index < -0.39 is 15.8 Å². The van der Waals surface area contributed by atoms with Crippen LogP contribution in [0.25, 0.3) is 0 Å². The highest BCUT2D eigenvalue weighted by molar-refractivity contribution is 7.89. The molecule has 1 aliphatic heterocycles. The molecule has 6 heteroatoms. The van der Waals surface area contributed by atoms with Crippen LogP contribution in [0.5, 0.6) is 0 Å². The van der Waals surface area contributed by atoms with E-state index >= 15 is 0 Å². The van der Waals surface area contributed by atoms with Gasteiger partial charge in [-0.25, -0.2) is 8.42 Å². The largest absolute Gasteiger partial charge is 0.227 e. The summed E-state index contributed by atoms with van der Waals surface area (Å²) < 4.78 is 24.6. The van der Waals surface area contributed by atoms with Crippen LogP contribution in [-0.4, -0.2) is 25.0 Å². The van der Waals surface area contributed by atoms with Gasteiger partial charge in [0.1, 0.15) is 0 Å². The molecule has 2 rings (SSSR count). The van der Waals surface area contributed by atoms with Crippen molar-refractivity contribution in [3.8, 4) is 6.07 Å². The van der Waals surface area contributed by atoms with E-state index in [1.54, 1.807) is 17.4 Å². The number of nitrogens with zero attached hydrogens (tertiary/aromatic N) is 2. The smallest absolute Gasteiger partial charge is 0.211 e. The summed E-state index contributed by atoms with van der Waals surface area (Å²) >= 11 is 1.66. The molecule has 0 atom stereocenters. The summed E-state index contributed by atoms with van der Waals surface area (Å²) in [6, 6.07) is 3.65. The third-order valence-electron chi connectivity index (χ3n) is 2.41. The SMILES string of the molecule is N#CCS(=O)(=O)N1CCc2sccc2C1. The van der Waals surface area contributed by atoms with E-state index in [9.17, 15) is 8.42 Å². The molecule has 0 fully saturated rings. The maximum Gasteiger partial charge on any atom is 0.227 e. The minimum Gasteiger partial charge on any atom is -0.211 e. The molecule has 1 aromatic rings. The van der Waals surface area contributed by atoms with Gasteiger partial charge in [-0.05, 0) is 23.4 Å². The minimum atomic E-state index is -3.38. The van der Waals surface area contributed by atoms with E-state index in [4.69, 9.17) is 5.26 Å². The van der Waals surface area contributed by atoms with Crippen molar-refractivity contribution in [2.75, 3.05) is 12.3 Å². The zero-order chi connectivity index (χ0) is 10.9. The Balaban J connectivity index is 2.21. The molecule has 4 nitrogen and oxygen atoms in total. The molecule has 80 valence electrons. The topological polar surface area (TPSA) is 61.2 Å². The van der Waals surface area contributed by atoms with Crippen LogP contribution in [0.2, 0.25) is 0 Å². The summed E-state index contributed by atoms with van der Waals surface area (Å²) in [7, 11) is -3.38. The van der Waals surface area contributed by atoms with Crippen molar-refractivity contribution in [3.63, 3.8) is 0 Å². The molecule has 0 unspecified atom stereocenters. The quantitative estimate of drug-likeness (QED) is 0.776. The fourth-order valence-corrected chi connectivity index (χ4v) is 3.57. The Labute approximate surface area is 92.8 Å². The lowest BCUT2D eigenvalue weighted by Gasteiger charge is -2.24. The number of thiophene rings is 1. The van der Waals surface area contributed by atoms with Gasteiger partial charge in [-0.3, -0.25) is 0 Å². The monoisotopic (exact) mass is 242 g/mol. The zero-order valence-corrected chi connectivity index (χ0v) is 9.64. The first-order valence-electron chi connectivity index (χ1n) is 4.53. The molecule has 0 bridgehead atoms. The molecule has 0 aliphatic carbocycles. The van der Waals surface area contributed by atoms with Crippen LogP contribution in [0.15, 0.2) is 11.4 Å². The van der Waals surface area contributed by atoms with Crippen LogP contribution in [0.4, 0.5) is 0 Å². The van der Waals surface area contributed by atoms with E-state index in [0.29, 0.717) is 13.1 Å². The molecule has 2 heterocycles. The van der Waals surface area contributed by atoms with Gasteiger partial charge in [0.15, 0.2) is 5.75 Å². The number of nitriles is 1. The van der Waals surface area contributed by atoms with Gasteiger partial charge in [0.05, 0.1) is 6.07 Å². The lowest BCUT2D eigenvalue weighted by Crippen LogP contribution is -2.36. The highest BCUT2D eigenvalue weighted by atomic mass is 32.2. The maximum absolute atomic E-state index is 11.6. The van der Waals surface area contributed by atoms with E-state index in [0.717, 1.165) is 12.0 Å². The van der Waals surface area contributed by atoms with Gasteiger partial charge in [-0.2, -0.15) is 9.57 Å². The standard InChI is InChI=1S/C9H10N2O2S2/c10-3-6-15(12,13)11-4-1-9-8(7-11)2-5-14-9/h2,5H,1,4,6-7H2. The van der Waals surface area contributed by atoms with Gasteiger partial charge in [0.2, 0.25) is 10.0 Å². The Morgan fingerprint density at radius 3 is 3.13 bits per heavy atom. The molecule has 0 saturated carbocycles. The number of fused-ring (bicyclic) bond motifs is 1. The molecule has 0 saturated heterocycles. The average Bonchev–Trinajstić information content (AvgIpc) is 2.63. The van der Waals surface area contributed by atoms with Crippen LogP contribution in [0.3, 0.4) is 0 Å². The maximum atomic E-state index is 11.6. The molecule has 0 aromatic carbocycles. The summed E-state index contributed by atoms with van der Waals surface area (Å²) in [6.07, 6.45) is 0.762. The van der Waals surface area contributed by atoms with Crippen molar-refractivity contribution in [2.24, 2.45) is 0 Å². The predicted octanol–water partition coefficient (Wildman–Crippen LogP) is 0.960. The fraction of sp³-hybridized carbons (Fsp3) is 0.444. The first-order valence-corrected chi connectivity index (χ1v) is 7.02. The number of sulfonamides is 1. The Bertz CT molecular complexity index is 498. The summed E-state index contributed by atoms with van der Waals surface area (Å²) in [4.78, 5) is 1.26. The highest BCUT2D eigenvalue weighted by Crippen LogP contribution is 2.25. The van der Waals surface area contributed by atoms with Crippen molar-refractivity contribution in [2.45, 2.75) is 13.0 Å². The van der Waals surface area contributed by atoms with Gasteiger partial charge >= 0.3 is 0 Å². The number of rotatable bonds is 2. The molecule has 15 heavy (non-hydrogen) atoms. The lowest BCUT2D eigenvalue weighted by atomic mass is 10.1. The van der Waals surface area contributed by atoms with Crippen molar-refractivity contribution in [1.29, 1.82) is 5.26 Å². The normalized spacial score (nSPS) is 17.0. The van der Waals surface area contributed by atoms with Crippen molar-refractivity contribution < 1.29 is 8.42 Å². The second kappa shape index (κ2) is 3.93. The number of hydrogen-bond donors (Lipinski definition) is 0. The summed E-state index contributed by atoms with van der Waals surface area (Å²) in [5, 5.41) is 10.4. The third kappa shape index (κ3) is 2.04. The second-order valence-electron chi connectivity index (χ2n) is 3.37. The lowest BCUT2D eigenvalue weighted by molar-refractivity contribution is 0.396. The van der Waals surface area contributed by atoms with Gasteiger partial charge in [-0.15, -0.1) is 11.3 Å². The molecule has 1 aromatic heterocycles. The number of hydrogen-bond acceptors (Lipinski definition) is 4. The Morgan fingerprint density at radius 2 is 2.40 bits per heavy atom. The Hall–Kier alpha value is -0.900. The van der Waals surface area contributed by atoms with Crippen molar-refractivity contribution in [3.05, 3.63) is 21.9 Å². The first kappa shape index (κ1) is 10.6. The predicted molar refractivity (Wildman–Crippen MR) is 57.8 cm³/mol. The van der Waals surface area contributed by atoms with Gasteiger partial charge in [0, 0.05) is 18.0 Å². The molecule has 0 amide bonds. The summed E-state index contributed by atoms with van der Waals surface area (Å²) in [5.74, 6) is -0.424. The fourth-order valence-electron chi connectivity index (χ4n) is 1.63. The first-order chi connectivity index (χ1) is 7.13. The zero-order valence-electron chi connectivity index (χ0n) is 8.01. The molecule has 0 spiro atoms. The van der Waals surface area contributed by atoms with E-state index in [-0.39, 0.29) is 0 Å². The molecule has 1 aliphatic rings. The Kier molecular flexibility index (Phi) is 2.78. The molecular formula is C9H10N2O2S2. The van der Waals surface area contributed by atoms with Crippen LogP contribution in [0, 0.1) is 11.3 Å². The molecule has 0 N–H and O–H groups in total. The Morgan fingerprint density at radius 1 is 1.60 bits per heavy atom. The van der Waals surface area contributed by atoms with E-state index in [1.807, 2.05) is 11.4 Å². The third-order valence-corrected chi connectivity index (χ3v) is 5.03. The van der Waals surface area contributed by atoms with Crippen molar-refractivity contribution >= 4 is 21.4 Å². The van der Waals surface area contributed by atoms with Crippen LogP contribution >= 0.6 is 11.3 Å². The van der Waals surface area contributed by atoms with E-state index in [1.165, 1.54) is 9.18 Å². The molecule has 0 radical (unpaired) electrons. The van der Waals surface area contributed by atoms with Gasteiger partial charge in [0.25, 0.3) is 0 Å². The highest BCUT2D eigenvalue weighted by Gasteiger charge is 2.26. The second-order valence-corrected chi connectivity index (χ2v) is 6.34.